The highest BCUT2D eigenvalue weighted by molar-refractivity contribution is 9.10. The average Bonchev–Trinajstić information content (AvgIpc) is 2.93. The highest BCUT2D eigenvalue weighted by Gasteiger charge is 2.13. The zero-order chi connectivity index (χ0) is 15.5. The molecular formula is C17H14BrFN2O. The minimum atomic E-state index is -0.257. The quantitative estimate of drug-likeness (QED) is 0.672. The summed E-state index contributed by atoms with van der Waals surface area (Å²) in [7, 11) is 1.62. The first-order valence-electron chi connectivity index (χ1n) is 6.76. The van der Waals surface area contributed by atoms with Gasteiger partial charge in [-0.25, -0.2) is 9.07 Å². The molecule has 22 heavy (non-hydrogen) atoms. The van der Waals surface area contributed by atoms with Crippen LogP contribution >= 0.6 is 15.9 Å². The molecule has 0 N–H and O–H groups in total. The topological polar surface area (TPSA) is 27.1 Å². The number of hydrogen-bond donors (Lipinski definition) is 0. The normalized spacial score (nSPS) is 10.9. The first kappa shape index (κ1) is 14.9. The molecule has 1 aromatic heterocycles. The molecule has 0 spiro atoms. The van der Waals surface area contributed by atoms with Gasteiger partial charge in [-0.15, -0.1) is 0 Å². The summed E-state index contributed by atoms with van der Waals surface area (Å²) >= 11 is 3.54. The van der Waals surface area contributed by atoms with Gasteiger partial charge in [-0.2, -0.15) is 5.10 Å². The molecule has 3 aromatic rings. The fourth-order valence-electron chi connectivity index (χ4n) is 2.29. The summed E-state index contributed by atoms with van der Waals surface area (Å²) in [4.78, 5) is 0. The third-order valence-electron chi connectivity index (χ3n) is 3.32. The van der Waals surface area contributed by atoms with Crippen molar-refractivity contribution in [2.45, 2.75) is 6.73 Å². The van der Waals surface area contributed by atoms with Gasteiger partial charge in [0, 0.05) is 22.7 Å². The summed E-state index contributed by atoms with van der Waals surface area (Å²) in [5.41, 5.74) is 3.61. The van der Waals surface area contributed by atoms with Gasteiger partial charge >= 0.3 is 0 Å². The molecule has 0 saturated carbocycles. The second-order valence-electron chi connectivity index (χ2n) is 4.82. The molecule has 3 nitrogen and oxygen atoms in total. The van der Waals surface area contributed by atoms with Crippen LogP contribution in [0.3, 0.4) is 0 Å². The molecule has 3 rings (SSSR count). The second-order valence-corrected chi connectivity index (χ2v) is 5.67. The van der Waals surface area contributed by atoms with Crippen molar-refractivity contribution >= 4 is 15.9 Å². The van der Waals surface area contributed by atoms with E-state index < -0.39 is 0 Å². The Balaban J connectivity index is 2.10. The van der Waals surface area contributed by atoms with Crippen molar-refractivity contribution in [2.24, 2.45) is 0 Å². The summed E-state index contributed by atoms with van der Waals surface area (Å²) < 4.78 is 21.1. The molecule has 0 atom stereocenters. The van der Waals surface area contributed by atoms with E-state index in [0.29, 0.717) is 6.73 Å². The predicted octanol–water partition coefficient (Wildman–Crippen LogP) is 4.72. The molecule has 0 amide bonds. The first-order chi connectivity index (χ1) is 10.7. The van der Waals surface area contributed by atoms with Crippen LogP contribution in [0.4, 0.5) is 4.39 Å². The molecule has 1 heterocycles. The maximum atomic E-state index is 13.1. The number of benzene rings is 2. The Morgan fingerprint density at radius 2 is 1.86 bits per heavy atom. The van der Waals surface area contributed by atoms with Gasteiger partial charge in [-0.05, 0) is 36.4 Å². The molecule has 112 valence electrons. The molecule has 0 radical (unpaired) electrons. The van der Waals surface area contributed by atoms with E-state index in [1.165, 1.54) is 12.1 Å². The van der Waals surface area contributed by atoms with E-state index in [0.717, 1.165) is 27.0 Å². The highest BCUT2D eigenvalue weighted by atomic mass is 79.9. The monoisotopic (exact) mass is 360 g/mol. The Kier molecular flexibility index (Phi) is 4.36. The van der Waals surface area contributed by atoms with Gasteiger partial charge in [-0.3, -0.25) is 0 Å². The number of halogens is 2. The number of aromatic nitrogens is 2. The molecule has 0 bridgehead atoms. The van der Waals surface area contributed by atoms with Crippen molar-refractivity contribution in [1.29, 1.82) is 0 Å². The third kappa shape index (κ3) is 2.96. The Hall–Kier alpha value is -1.98. The van der Waals surface area contributed by atoms with E-state index in [4.69, 9.17) is 4.74 Å². The van der Waals surface area contributed by atoms with Crippen LogP contribution in [0.25, 0.3) is 22.5 Å². The number of ether oxygens (including phenoxy) is 1. The highest BCUT2D eigenvalue weighted by Crippen LogP contribution is 2.30. The lowest BCUT2D eigenvalue weighted by Gasteiger charge is -2.05. The molecule has 0 saturated heterocycles. The van der Waals surface area contributed by atoms with E-state index >= 15 is 0 Å². The van der Waals surface area contributed by atoms with E-state index in [1.807, 2.05) is 30.3 Å². The van der Waals surface area contributed by atoms with Crippen LogP contribution in [0.2, 0.25) is 0 Å². The minimum Gasteiger partial charge on any atom is -0.362 e. The number of nitrogens with zero attached hydrogens (tertiary/aromatic N) is 2. The van der Waals surface area contributed by atoms with E-state index in [1.54, 1.807) is 23.9 Å². The lowest BCUT2D eigenvalue weighted by molar-refractivity contribution is 0.122. The first-order valence-corrected chi connectivity index (χ1v) is 7.56. The maximum absolute atomic E-state index is 13.1. The van der Waals surface area contributed by atoms with Gasteiger partial charge in [0.05, 0.1) is 11.4 Å². The van der Waals surface area contributed by atoms with Crippen LogP contribution in [0, 0.1) is 5.82 Å². The van der Waals surface area contributed by atoms with Crippen LogP contribution < -0.4 is 0 Å². The lowest BCUT2D eigenvalue weighted by atomic mass is 10.1. The van der Waals surface area contributed by atoms with Crippen LogP contribution in [0.15, 0.2) is 59.1 Å². The molecule has 0 aliphatic carbocycles. The Labute approximate surface area is 136 Å². The summed E-state index contributed by atoms with van der Waals surface area (Å²) in [6.07, 6.45) is 0. The van der Waals surface area contributed by atoms with Crippen molar-refractivity contribution in [1.82, 2.24) is 9.78 Å². The predicted molar refractivity (Wildman–Crippen MR) is 87.8 cm³/mol. The molecular weight excluding hydrogens is 347 g/mol. The molecule has 0 unspecified atom stereocenters. The molecule has 0 aliphatic heterocycles. The number of hydrogen-bond acceptors (Lipinski definition) is 2. The number of rotatable bonds is 4. The van der Waals surface area contributed by atoms with Gasteiger partial charge < -0.3 is 4.74 Å². The van der Waals surface area contributed by atoms with Crippen LogP contribution in [0.5, 0.6) is 0 Å². The van der Waals surface area contributed by atoms with Gasteiger partial charge in [0.2, 0.25) is 0 Å². The summed E-state index contributed by atoms with van der Waals surface area (Å²) in [6.45, 7) is 0.331. The van der Waals surface area contributed by atoms with Crippen molar-refractivity contribution in [3.63, 3.8) is 0 Å². The van der Waals surface area contributed by atoms with E-state index in [-0.39, 0.29) is 5.82 Å². The van der Waals surface area contributed by atoms with Crippen molar-refractivity contribution < 1.29 is 9.13 Å². The maximum Gasteiger partial charge on any atom is 0.139 e. The Morgan fingerprint density at radius 3 is 2.55 bits per heavy atom. The molecule has 5 heteroatoms. The Morgan fingerprint density at radius 1 is 1.14 bits per heavy atom. The SMILES string of the molecule is COCn1nc(-c2ccccc2Br)cc1-c1ccc(F)cc1. The van der Waals surface area contributed by atoms with Crippen molar-refractivity contribution in [3.05, 3.63) is 64.9 Å². The second kappa shape index (κ2) is 6.42. The fourth-order valence-corrected chi connectivity index (χ4v) is 2.78. The average molecular weight is 361 g/mol. The smallest absolute Gasteiger partial charge is 0.139 e. The molecule has 2 aromatic carbocycles. The fraction of sp³-hybridized carbons (Fsp3) is 0.118. The minimum absolute atomic E-state index is 0.257. The van der Waals surface area contributed by atoms with Crippen molar-refractivity contribution in [3.8, 4) is 22.5 Å². The molecule has 0 aliphatic rings. The standard InChI is InChI=1S/C17H14BrFN2O/c1-22-11-21-17(12-6-8-13(19)9-7-12)10-16(20-21)14-4-2-3-5-15(14)18/h2-10H,11H2,1H3. The zero-order valence-corrected chi connectivity index (χ0v) is 13.5. The Bertz CT molecular complexity index is 784. The van der Waals surface area contributed by atoms with E-state index in [2.05, 4.69) is 21.0 Å². The summed E-state index contributed by atoms with van der Waals surface area (Å²) in [6, 6.07) is 16.2. The summed E-state index contributed by atoms with van der Waals surface area (Å²) in [5.74, 6) is -0.257. The van der Waals surface area contributed by atoms with Crippen LogP contribution in [0.1, 0.15) is 0 Å². The van der Waals surface area contributed by atoms with Gasteiger partial charge in [0.25, 0.3) is 0 Å². The lowest BCUT2D eigenvalue weighted by Crippen LogP contribution is -2.04. The van der Waals surface area contributed by atoms with Crippen LogP contribution in [-0.2, 0) is 11.5 Å². The third-order valence-corrected chi connectivity index (χ3v) is 4.01. The van der Waals surface area contributed by atoms with Gasteiger partial charge in [-0.1, -0.05) is 34.1 Å². The zero-order valence-electron chi connectivity index (χ0n) is 12.0. The van der Waals surface area contributed by atoms with Crippen LogP contribution in [-0.4, -0.2) is 16.9 Å². The summed E-state index contributed by atoms with van der Waals surface area (Å²) in [5, 5.41) is 4.60. The van der Waals surface area contributed by atoms with E-state index in [9.17, 15) is 4.39 Å². The number of methoxy groups -OCH3 is 1. The molecule has 0 fully saturated rings. The van der Waals surface area contributed by atoms with Gasteiger partial charge in [0.1, 0.15) is 12.5 Å². The van der Waals surface area contributed by atoms with Crippen molar-refractivity contribution in [2.75, 3.05) is 7.11 Å². The largest absolute Gasteiger partial charge is 0.362 e. The van der Waals surface area contributed by atoms with Gasteiger partial charge in [0.15, 0.2) is 0 Å².